The van der Waals surface area contributed by atoms with Crippen LogP contribution in [0, 0.1) is 6.92 Å². The predicted molar refractivity (Wildman–Crippen MR) is 121 cm³/mol. The van der Waals surface area contributed by atoms with Gasteiger partial charge in [-0.1, -0.05) is 13.5 Å². The highest BCUT2D eigenvalue weighted by molar-refractivity contribution is 7.15. The summed E-state index contributed by atoms with van der Waals surface area (Å²) in [6.07, 6.45) is 6.97. The smallest absolute Gasteiger partial charge is 0.246 e. The SMILES string of the molecule is C=CC(=O)N1C[C@@H](Oc2nc(Nc3ncc(C)s3)cc3c2ccn3CCC)C[C@@H]1C. The molecular weight excluding hydrogens is 398 g/mol. The number of aryl methyl sites for hydroxylation is 2. The lowest BCUT2D eigenvalue weighted by Gasteiger charge is -2.19. The summed E-state index contributed by atoms with van der Waals surface area (Å²) < 4.78 is 8.56. The monoisotopic (exact) mass is 425 g/mol. The molecule has 4 heterocycles. The summed E-state index contributed by atoms with van der Waals surface area (Å²) in [5.41, 5.74) is 1.07. The summed E-state index contributed by atoms with van der Waals surface area (Å²) in [6.45, 7) is 11.3. The van der Waals surface area contributed by atoms with E-state index >= 15 is 0 Å². The Balaban J connectivity index is 1.65. The van der Waals surface area contributed by atoms with E-state index in [0.717, 1.165) is 40.3 Å². The van der Waals surface area contributed by atoms with Crippen molar-refractivity contribution in [3.05, 3.63) is 42.1 Å². The molecule has 7 nitrogen and oxygen atoms in total. The van der Waals surface area contributed by atoms with Crippen molar-refractivity contribution in [2.75, 3.05) is 11.9 Å². The van der Waals surface area contributed by atoms with Crippen molar-refractivity contribution in [2.24, 2.45) is 0 Å². The maximum absolute atomic E-state index is 12.1. The number of carbonyl (C=O) groups is 1. The molecule has 1 fully saturated rings. The fraction of sp³-hybridized carbons (Fsp3) is 0.409. The van der Waals surface area contributed by atoms with Crippen LogP contribution < -0.4 is 10.1 Å². The fourth-order valence-electron chi connectivity index (χ4n) is 3.92. The third kappa shape index (κ3) is 4.05. The molecule has 1 aliphatic rings. The van der Waals surface area contributed by atoms with Crippen LogP contribution in [0.2, 0.25) is 0 Å². The Kier molecular flexibility index (Phi) is 5.76. The molecule has 0 aromatic carbocycles. The number of hydrogen-bond donors (Lipinski definition) is 1. The Morgan fingerprint density at radius 1 is 1.50 bits per heavy atom. The van der Waals surface area contributed by atoms with Gasteiger partial charge < -0.3 is 19.5 Å². The highest BCUT2D eigenvalue weighted by Gasteiger charge is 2.33. The lowest BCUT2D eigenvalue weighted by atomic mass is 10.2. The van der Waals surface area contributed by atoms with E-state index < -0.39 is 0 Å². The minimum Gasteiger partial charge on any atom is -0.472 e. The van der Waals surface area contributed by atoms with Crippen LogP contribution >= 0.6 is 11.3 Å². The van der Waals surface area contributed by atoms with E-state index in [2.05, 4.69) is 40.6 Å². The first kappa shape index (κ1) is 20.4. The first-order chi connectivity index (χ1) is 14.5. The van der Waals surface area contributed by atoms with Crippen molar-refractivity contribution in [1.29, 1.82) is 0 Å². The van der Waals surface area contributed by atoms with Crippen LogP contribution in [0.25, 0.3) is 10.9 Å². The molecule has 1 aliphatic heterocycles. The zero-order chi connectivity index (χ0) is 21.3. The minimum absolute atomic E-state index is 0.0599. The molecular formula is C22H27N5O2S. The van der Waals surface area contributed by atoms with Crippen molar-refractivity contribution in [3.8, 4) is 5.88 Å². The normalized spacial score (nSPS) is 18.7. The summed E-state index contributed by atoms with van der Waals surface area (Å²) in [4.78, 5) is 24.2. The summed E-state index contributed by atoms with van der Waals surface area (Å²) in [7, 11) is 0. The zero-order valence-corrected chi connectivity index (χ0v) is 18.4. The van der Waals surface area contributed by atoms with Gasteiger partial charge in [-0.15, -0.1) is 11.3 Å². The molecule has 0 aliphatic carbocycles. The van der Waals surface area contributed by atoms with Crippen LogP contribution in [0.1, 0.15) is 31.6 Å². The van der Waals surface area contributed by atoms with Gasteiger partial charge in [0.15, 0.2) is 5.13 Å². The lowest BCUT2D eigenvalue weighted by Crippen LogP contribution is -2.33. The molecule has 0 radical (unpaired) electrons. The molecule has 8 heteroatoms. The second kappa shape index (κ2) is 8.47. The molecule has 1 amide bonds. The molecule has 2 atom stereocenters. The summed E-state index contributed by atoms with van der Waals surface area (Å²) in [5, 5.41) is 5.09. The molecule has 1 saturated heterocycles. The Bertz CT molecular complexity index is 1070. The van der Waals surface area contributed by atoms with E-state index in [9.17, 15) is 4.79 Å². The second-order valence-electron chi connectivity index (χ2n) is 7.67. The highest BCUT2D eigenvalue weighted by atomic mass is 32.1. The van der Waals surface area contributed by atoms with Crippen molar-refractivity contribution < 1.29 is 9.53 Å². The van der Waals surface area contributed by atoms with Gasteiger partial charge in [-0.2, -0.15) is 4.98 Å². The number of carbonyl (C=O) groups excluding carboxylic acids is 1. The predicted octanol–water partition coefficient (Wildman–Crippen LogP) is 4.51. The number of rotatable bonds is 7. The Morgan fingerprint density at radius 3 is 3.03 bits per heavy atom. The van der Waals surface area contributed by atoms with Gasteiger partial charge in [0.25, 0.3) is 0 Å². The molecule has 4 rings (SSSR count). The Morgan fingerprint density at radius 2 is 2.33 bits per heavy atom. The molecule has 0 saturated carbocycles. The van der Waals surface area contributed by atoms with Gasteiger partial charge in [0.1, 0.15) is 11.9 Å². The molecule has 3 aromatic heterocycles. The quantitative estimate of drug-likeness (QED) is 0.564. The lowest BCUT2D eigenvalue weighted by molar-refractivity contribution is -0.126. The van der Waals surface area contributed by atoms with E-state index in [1.165, 1.54) is 6.08 Å². The second-order valence-corrected chi connectivity index (χ2v) is 8.91. The molecule has 3 aromatic rings. The number of pyridine rings is 1. The minimum atomic E-state index is -0.105. The highest BCUT2D eigenvalue weighted by Crippen LogP contribution is 2.32. The van der Waals surface area contributed by atoms with Gasteiger partial charge >= 0.3 is 0 Å². The van der Waals surface area contributed by atoms with Crippen LogP contribution in [-0.2, 0) is 11.3 Å². The number of nitrogens with zero attached hydrogens (tertiary/aromatic N) is 4. The van der Waals surface area contributed by atoms with Gasteiger partial charge in [0.05, 0.1) is 17.4 Å². The topological polar surface area (TPSA) is 72.3 Å². The average molecular weight is 426 g/mol. The van der Waals surface area contributed by atoms with Crippen LogP contribution in [-0.4, -0.2) is 44.0 Å². The van der Waals surface area contributed by atoms with Crippen LogP contribution in [0.4, 0.5) is 10.9 Å². The summed E-state index contributed by atoms with van der Waals surface area (Å²) in [5.74, 6) is 1.23. The van der Waals surface area contributed by atoms with E-state index in [1.54, 1.807) is 16.2 Å². The molecule has 158 valence electrons. The van der Waals surface area contributed by atoms with Crippen molar-refractivity contribution in [2.45, 2.75) is 52.3 Å². The van der Waals surface area contributed by atoms with Crippen LogP contribution in [0.3, 0.4) is 0 Å². The number of ether oxygens (including phenoxy) is 1. The Labute approximate surface area is 180 Å². The third-order valence-corrected chi connectivity index (χ3v) is 6.15. The molecule has 0 spiro atoms. The first-order valence-electron chi connectivity index (χ1n) is 10.3. The molecule has 30 heavy (non-hydrogen) atoms. The number of thiazole rings is 1. The van der Waals surface area contributed by atoms with Crippen molar-refractivity contribution in [3.63, 3.8) is 0 Å². The number of nitrogens with one attached hydrogen (secondary N) is 1. The number of fused-ring (bicyclic) bond motifs is 1. The number of aromatic nitrogens is 3. The van der Waals surface area contributed by atoms with E-state index in [-0.39, 0.29) is 18.1 Å². The fourth-order valence-corrected chi connectivity index (χ4v) is 4.59. The van der Waals surface area contributed by atoms with Gasteiger partial charge in [0, 0.05) is 42.3 Å². The van der Waals surface area contributed by atoms with Crippen LogP contribution in [0.5, 0.6) is 5.88 Å². The maximum Gasteiger partial charge on any atom is 0.246 e. The Hall–Kier alpha value is -2.87. The molecule has 1 N–H and O–H groups in total. The molecule has 0 unspecified atom stereocenters. The summed E-state index contributed by atoms with van der Waals surface area (Å²) in [6, 6.07) is 4.20. The number of amides is 1. The maximum atomic E-state index is 12.1. The molecule has 0 bridgehead atoms. The first-order valence-corrected chi connectivity index (χ1v) is 11.1. The van der Waals surface area contributed by atoms with E-state index in [0.29, 0.717) is 18.2 Å². The standard InChI is InChI=1S/C22H27N5O2S/c1-5-8-26-9-7-17-18(26)11-19(25-22-23-12-15(4)30-22)24-21(17)29-16-10-14(3)27(13-16)20(28)6-2/h6-7,9,11-12,14,16H,2,5,8,10,13H2,1,3-4H3,(H,23,24,25)/t14-,16-/m0/s1. The van der Waals surface area contributed by atoms with Gasteiger partial charge in [-0.05, 0) is 32.4 Å². The zero-order valence-electron chi connectivity index (χ0n) is 17.6. The van der Waals surface area contributed by atoms with Gasteiger partial charge in [-0.3, -0.25) is 4.79 Å². The number of hydrogen-bond acceptors (Lipinski definition) is 6. The van der Waals surface area contributed by atoms with E-state index in [4.69, 9.17) is 9.72 Å². The summed E-state index contributed by atoms with van der Waals surface area (Å²) >= 11 is 1.59. The van der Waals surface area contributed by atoms with Crippen molar-refractivity contribution >= 4 is 39.1 Å². The van der Waals surface area contributed by atoms with Gasteiger partial charge in [-0.25, -0.2) is 4.98 Å². The largest absolute Gasteiger partial charge is 0.472 e. The third-order valence-electron chi connectivity index (χ3n) is 5.33. The number of likely N-dealkylation sites (tertiary alicyclic amines) is 1. The van der Waals surface area contributed by atoms with E-state index in [1.807, 2.05) is 26.1 Å². The van der Waals surface area contributed by atoms with Crippen LogP contribution in [0.15, 0.2) is 37.2 Å². The van der Waals surface area contributed by atoms with Gasteiger partial charge in [0.2, 0.25) is 11.8 Å². The average Bonchev–Trinajstić information content (AvgIpc) is 3.41. The van der Waals surface area contributed by atoms with Crippen molar-refractivity contribution in [1.82, 2.24) is 19.4 Å². The number of anilines is 2.